The number of anilines is 2. The van der Waals surface area contributed by atoms with Crippen molar-refractivity contribution < 1.29 is 19.1 Å². The molecular weight excluding hydrogens is 430 g/mol. The summed E-state index contributed by atoms with van der Waals surface area (Å²) in [6.45, 7) is 0. The SMILES string of the molecule is COc1cc(NC(=O)c2cc3cc(Cl)ccc3[nH]2)c(OC)cc1NC(=O)c1ccccc1. The number of carbonyl (C=O) groups is 2. The molecule has 0 aliphatic carbocycles. The first-order valence-corrected chi connectivity index (χ1v) is 10.1. The Kier molecular flexibility index (Phi) is 6.00. The summed E-state index contributed by atoms with van der Waals surface area (Å²) in [4.78, 5) is 28.5. The molecule has 8 heteroatoms. The lowest BCUT2D eigenvalue weighted by Crippen LogP contribution is -2.15. The summed E-state index contributed by atoms with van der Waals surface area (Å²) in [5, 5.41) is 7.04. The van der Waals surface area contributed by atoms with Crippen LogP contribution in [-0.4, -0.2) is 31.0 Å². The molecule has 4 aromatic rings. The Hall–Kier alpha value is -3.97. The number of hydrogen-bond acceptors (Lipinski definition) is 4. The standard InChI is InChI=1S/C24H20ClN3O4/c1-31-21-13-19(28-24(30)20-11-15-10-16(25)8-9-17(15)26-20)22(32-2)12-18(21)27-23(29)14-6-4-3-5-7-14/h3-13,26H,1-2H3,(H,27,29)(H,28,30). The average Bonchev–Trinajstić information content (AvgIpc) is 3.23. The van der Waals surface area contributed by atoms with Gasteiger partial charge in [0.05, 0.1) is 25.6 Å². The second-order valence-electron chi connectivity index (χ2n) is 6.94. The van der Waals surface area contributed by atoms with Gasteiger partial charge in [-0.3, -0.25) is 9.59 Å². The van der Waals surface area contributed by atoms with E-state index in [1.54, 1.807) is 54.6 Å². The van der Waals surface area contributed by atoms with Gasteiger partial charge < -0.3 is 25.1 Å². The molecule has 0 aliphatic rings. The van der Waals surface area contributed by atoms with E-state index in [0.717, 1.165) is 10.9 Å². The number of ether oxygens (including phenoxy) is 2. The van der Waals surface area contributed by atoms with Gasteiger partial charge in [0.15, 0.2) is 0 Å². The summed E-state index contributed by atoms with van der Waals surface area (Å²) >= 11 is 6.03. The van der Waals surface area contributed by atoms with Crippen LogP contribution in [0.2, 0.25) is 5.02 Å². The van der Waals surface area contributed by atoms with Crippen LogP contribution in [0.25, 0.3) is 10.9 Å². The summed E-state index contributed by atoms with van der Waals surface area (Å²) in [6.07, 6.45) is 0. The molecular formula is C24H20ClN3O4. The number of halogens is 1. The van der Waals surface area contributed by atoms with Crippen molar-refractivity contribution in [2.45, 2.75) is 0 Å². The Morgan fingerprint density at radius 2 is 1.44 bits per heavy atom. The second kappa shape index (κ2) is 9.03. The van der Waals surface area contributed by atoms with E-state index in [-0.39, 0.29) is 11.8 Å². The van der Waals surface area contributed by atoms with E-state index in [2.05, 4.69) is 15.6 Å². The zero-order valence-electron chi connectivity index (χ0n) is 17.4. The minimum Gasteiger partial charge on any atom is -0.494 e. The lowest BCUT2D eigenvalue weighted by atomic mass is 10.2. The van der Waals surface area contributed by atoms with Gasteiger partial charge in [0.25, 0.3) is 11.8 Å². The molecule has 3 aromatic carbocycles. The zero-order chi connectivity index (χ0) is 22.7. The van der Waals surface area contributed by atoms with E-state index in [0.29, 0.717) is 39.2 Å². The molecule has 0 spiro atoms. The Morgan fingerprint density at radius 3 is 2.06 bits per heavy atom. The van der Waals surface area contributed by atoms with E-state index < -0.39 is 0 Å². The lowest BCUT2D eigenvalue weighted by Gasteiger charge is -2.16. The van der Waals surface area contributed by atoms with Crippen LogP contribution in [0, 0.1) is 0 Å². The quantitative estimate of drug-likeness (QED) is 0.370. The van der Waals surface area contributed by atoms with Gasteiger partial charge in [-0.2, -0.15) is 0 Å². The van der Waals surface area contributed by atoms with Crippen LogP contribution in [0.3, 0.4) is 0 Å². The van der Waals surface area contributed by atoms with E-state index in [1.165, 1.54) is 14.2 Å². The fourth-order valence-corrected chi connectivity index (χ4v) is 3.47. The highest BCUT2D eigenvalue weighted by Crippen LogP contribution is 2.37. The number of nitrogens with one attached hydrogen (secondary N) is 3. The topological polar surface area (TPSA) is 92.4 Å². The number of carbonyl (C=O) groups excluding carboxylic acids is 2. The van der Waals surface area contributed by atoms with Gasteiger partial charge in [0.2, 0.25) is 0 Å². The molecule has 7 nitrogen and oxygen atoms in total. The van der Waals surface area contributed by atoms with E-state index in [4.69, 9.17) is 21.1 Å². The van der Waals surface area contributed by atoms with Crippen molar-refractivity contribution in [3.05, 3.63) is 83.0 Å². The first kappa shape index (κ1) is 21.3. The highest BCUT2D eigenvalue weighted by atomic mass is 35.5. The molecule has 4 rings (SSSR count). The maximum absolute atomic E-state index is 12.8. The van der Waals surface area contributed by atoms with Crippen molar-refractivity contribution in [1.82, 2.24) is 4.98 Å². The summed E-state index contributed by atoms with van der Waals surface area (Å²) in [7, 11) is 2.96. The van der Waals surface area contributed by atoms with E-state index >= 15 is 0 Å². The number of benzene rings is 3. The highest BCUT2D eigenvalue weighted by Gasteiger charge is 2.18. The molecule has 0 atom stereocenters. The summed E-state index contributed by atoms with van der Waals surface area (Å²) in [5.41, 5.74) is 2.47. The number of aromatic amines is 1. The van der Waals surface area contributed by atoms with Crippen LogP contribution >= 0.6 is 11.6 Å². The van der Waals surface area contributed by atoms with Crippen LogP contribution in [0.4, 0.5) is 11.4 Å². The number of amides is 2. The third kappa shape index (κ3) is 4.38. The Morgan fingerprint density at radius 1 is 0.812 bits per heavy atom. The van der Waals surface area contributed by atoms with Gasteiger partial charge in [-0.25, -0.2) is 0 Å². The molecule has 2 amide bonds. The van der Waals surface area contributed by atoms with Crippen molar-refractivity contribution in [3.8, 4) is 11.5 Å². The Balaban J connectivity index is 1.60. The second-order valence-corrected chi connectivity index (χ2v) is 7.38. The molecule has 0 unspecified atom stereocenters. The minimum atomic E-state index is -0.362. The predicted molar refractivity (Wildman–Crippen MR) is 125 cm³/mol. The van der Waals surface area contributed by atoms with Crippen LogP contribution in [0.15, 0.2) is 66.7 Å². The number of H-pyrrole nitrogens is 1. The van der Waals surface area contributed by atoms with Crippen molar-refractivity contribution in [2.75, 3.05) is 24.9 Å². The molecule has 0 aliphatic heterocycles. The molecule has 0 fully saturated rings. The molecule has 3 N–H and O–H groups in total. The number of aromatic nitrogens is 1. The number of methoxy groups -OCH3 is 2. The fourth-order valence-electron chi connectivity index (χ4n) is 3.29. The third-order valence-corrected chi connectivity index (χ3v) is 5.12. The largest absolute Gasteiger partial charge is 0.494 e. The van der Waals surface area contributed by atoms with Crippen LogP contribution in [0.1, 0.15) is 20.8 Å². The van der Waals surface area contributed by atoms with Gasteiger partial charge in [-0.1, -0.05) is 29.8 Å². The van der Waals surface area contributed by atoms with Crippen LogP contribution in [0.5, 0.6) is 11.5 Å². The third-order valence-electron chi connectivity index (χ3n) is 4.88. The molecule has 0 saturated carbocycles. The fraction of sp³-hybridized carbons (Fsp3) is 0.0833. The van der Waals surface area contributed by atoms with Gasteiger partial charge in [0, 0.05) is 33.6 Å². The highest BCUT2D eigenvalue weighted by molar-refractivity contribution is 6.31. The zero-order valence-corrected chi connectivity index (χ0v) is 18.1. The monoisotopic (exact) mass is 449 g/mol. The summed E-state index contributed by atoms with van der Waals surface area (Å²) in [5.74, 6) is 0.0775. The van der Waals surface area contributed by atoms with Gasteiger partial charge in [-0.05, 0) is 36.4 Å². The average molecular weight is 450 g/mol. The Bertz CT molecular complexity index is 1300. The van der Waals surface area contributed by atoms with Crippen molar-refractivity contribution in [2.24, 2.45) is 0 Å². The van der Waals surface area contributed by atoms with Crippen molar-refractivity contribution in [3.63, 3.8) is 0 Å². The molecule has 1 aromatic heterocycles. The normalized spacial score (nSPS) is 10.6. The first-order chi connectivity index (χ1) is 15.5. The number of fused-ring (bicyclic) bond motifs is 1. The maximum atomic E-state index is 12.8. The molecule has 32 heavy (non-hydrogen) atoms. The predicted octanol–water partition coefficient (Wildman–Crippen LogP) is 5.34. The summed E-state index contributed by atoms with van der Waals surface area (Å²) in [6, 6.07) is 19.1. The van der Waals surface area contributed by atoms with E-state index in [1.807, 2.05) is 12.1 Å². The molecule has 0 bridgehead atoms. The smallest absolute Gasteiger partial charge is 0.272 e. The Labute approximate surface area is 189 Å². The molecule has 0 saturated heterocycles. The molecule has 1 heterocycles. The van der Waals surface area contributed by atoms with Crippen molar-refractivity contribution in [1.29, 1.82) is 0 Å². The summed E-state index contributed by atoms with van der Waals surface area (Å²) < 4.78 is 10.9. The number of rotatable bonds is 6. The van der Waals surface area contributed by atoms with Crippen molar-refractivity contribution >= 4 is 45.7 Å². The van der Waals surface area contributed by atoms with Gasteiger partial charge >= 0.3 is 0 Å². The molecule has 0 radical (unpaired) electrons. The number of hydrogen-bond donors (Lipinski definition) is 3. The van der Waals surface area contributed by atoms with E-state index in [9.17, 15) is 9.59 Å². The lowest BCUT2D eigenvalue weighted by molar-refractivity contribution is 0.101. The van der Waals surface area contributed by atoms with Crippen LogP contribution < -0.4 is 20.1 Å². The maximum Gasteiger partial charge on any atom is 0.272 e. The van der Waals surface area contributed by atoms with Crippen LogP contribution in [-0.2, 0) is 0 Å². The van der Waals surface area contributed by atoms with Gasteiger partial charge in [0.1, 0.15) is 17.2 Å². The van der Waals surface area contributed by atoms with Gasteiger partial charge in [-0.15, -0.1) is 0 Å². The first-order valence-electron chi connectivity index (χ1n) is 9.70. The minimum absolute atomic E-state index is 0.292. The molecule has 162 valence electrons.